The first-order valence-corrected chi connectivity index (χ1v) is 6.22. The van der Waals surface area contributed by atoms with Crippen LogP contribution in [0.25, 0.3) is 0 Å². The lowest BCUT2D eigenvalue weighted by molar-refractivity contribution is 0.0982. The number of nitrogens with zero attached hydrogens (tertiary/aromatic N) is 1. The number of carbonyl (C=O) groups excluding carboxylic acids is 1. The van der Waals surface area contributed by atoms with Gasteiger partial charge >= 0.3 is 0 Å². The Kier molecular flexibility index (Phi) is 4.04. The second kappa shape index (κ2) is 5.73. The molecule has 0 fully saturated rings. The molecule has 1 aromatic heterocycles. The molecular weight excluding hydrogens is 278 g/mol. The van der Waals surface area contributed by atoms with Gasteiger partial charge in [0.1, 0.15) is 0 Å². The highest BCUT2D eigenvalue weighted by Crippen LogP contribution is 2.13. The summed E-state index contributed by atoms with van der Waals surface area (Å²) in [7, 11) is 0. The highest BCUT2D eigenvalue weighted by Gasteiger charge is 2.05. The Labute approximate surface area is 109 Å². The lowest BCUT2D eigenvalue weighted by Gasteiger charge is -2.01. The van der Waals surface area contributed by atoms with Crippen LogP contribution >= 0.6 is 15.9 Å². The standard InChI is InChI=1S/C14H12BrNO/c15-13-6-3-11(4-7-13)5-8-14(17)12-2-1-9-16-10-12/h1-4,6-7,9-10H,5,8H2. The molecule has 0 aliphatic rings. The molecular formula is C14H12BrNO. The van der Waals surface area contributed by atoms with Gasteiger partial charge in [0.2, 0.25) is 0 Å². The van der Waals surface area contributed by atoms with Gasteiger partial charge < -0.3 is 0 Å². The second-order valence-corrected chi connectivity index (χ2v) is 4.71. The number of hydrogen-bond donors (Lipinski definition) is 0. The zero-order valence-electron chi connectivity index (χ0n) is 9.27. The van der Waals surface area contributed by atoms with Crippen LogP contribution in [0.15, 0.2) is 53.3 Å². The SMILES string of the molecule is O=C(CCc1ccc(Br)cc1)c1cccnc1. The molecule has 1 aromatic carbocycles. The Bertz CT molecular complexity index is 493. The molecule has 0 aliphatic carbocycles. The van der Waals surface area contributed by atoms with E-state index in [-0.39, 0.29) is 5.78 Å². The van der Waals surface area contributed by atoms with Gasteiger partial charge in [0.05, 0.1) is 0 Å². The first-order chi connectivity index (χ1) is 8.25. The van der Waals surface area contributed by atoms with Crippen LogP contribution in [-0.4, -0.2) is 10.8 Å². The topological polar surface area (TPSA) is 30.0 Å². The van der Waals surface area contributed by atoms with Crippen LogP contribution < -0.4 is 0 Å². The maximum absolute atomic E-state index is 11.8. The minimum absolute atomic E-state index is 0.140. The van der Waals surface area contributed by atoms with Crippen LogP contribution in [0.5, 0.6) is 0 Å². The van der Waals surface area contributed by atoms with Gasteiger partial charge in [-0.15, -0.1) is 0 Å². The first kappa shape index (κ1) is 12.0. The van der Waals surface area contributed by atoms with Crippen LogP contribution in [0.2, 0.25) is 0 Å². The van der Waals surface area contributed by atoms with Crippen molar-refractivity contribution in [2.24, 2.45) is 0 Å². The number of aromatic nitrogens is 1. The molecule has 2 aromatic rings. The van der Waals surface area contributed by atoms with Gasteiger partial charge in [0, 0.05) is 28.9 Å². The van der Waals surface area contributed by atoms with Gasteiger partial charge in [-0.3, -0.25) is 9.78 Å². The fraction of sp³-hybridized carbons (Fsp3) is 0.143. The Morgan fingerprint density at radius 3 is 2.59 bits per heavy atom. The van der Waals surface area contributed by atoms with Crippen molar-refractivity contribution in [2.75, 3.05) is 0 Å². The summed E-state index contributed by atoms with van der Waals surface area (Å²) in [6.45, 7) is 0. The molecule has 86 valence electrons. The summed E-state index contributed by atoms with van der Waals surface area (Å²) in [5.41, 5.74) is 1.86. The minimum atomic E-state index is 0.140. The van der Waals surface area contributed by atoms with Gasteiger partial charge in [0.15, 0.2) is 5.78 Å². The van der Waals surface area contributed by atoms with Crippen LogP contribution in [0, 0.1) is 0 Å². The Hall–Kier alpha value is -1.48. The zero-order valence-corrected chi connectivity index (χ0v) is 10.9. The van der Waals surface area contributed by atoms with Gasteiger partial charge in [-0.05, 0) is 36.2 Å². The molecule has 0 spiro atoms. The van der Waals surface area contributed by atoms with Crippen molar-refractivity contribution in [3.8, 4) is 0 Å². The van der Waals surface area contributed by atoms with E-state index in [0.717, 1.165) is 10.9 Å². The first-order valence-electron chi connectivity index (χ1n) is 5.43. The third-order valence-corrected chi connectivity index (χ3v) is 3.07. The van der Waals surface area contributed by atoms with E-state index in [1.807, 2.05) is 24.3 Å². The third-order valence-electron chi connectivity index (χ3n) is 2.54. The van der Waals surface area contributed by atoms with Crippen molar-refractivity contribution in [1.29, 1.82) is 0 Å². The number of halogens is 1. The molecule has 0 N–H and O–H groups in total. The molecule has 0 saturated carbocycles. The molecule has 1 heterocycles. The van der Waals surface area contributed by atoms with Crippen molar-refractivity contribution < 1.29 is 4.79 Å². The summed E-state index contributed by atoms with van der Waals surface area (Å²) in [6.07, 6.45) is 4.57. The van der Waals surface area contributed by atoms with Crippen LogP contribution in [-0.2, 0) is 6.42 Å². The van der Waals surface area contributed by atoms with Crippen molar-refractivity contribution >= 4 is 21.7 Å². The summed E-state index contributed by atoms with van der Waals surface area (Å²) in [5, 5.41) is 0. The Morgan fingerprint density at radius 1 is 1.18 bits per heavy atom. The van der Waals surface area contributed by atoms with E-state index >= 15 is 0 Å². The van der Waals surface area contributed by atoms with Crippen molar-refractivity contribution in [3.05, 3.63) is 64.4 Å². The van der Waals surface area contributed by atoms with Gasteiger partial charge in [-0.25, -0.2) is 0 Å². The molecule has 0 aliphatic heterocycles. The van der Waals surface area contributed by atoms with Gasteiger partial charge in [-0.2, -0.15) is 0 Å². The van der Waals surface area contributed by atoms with Crippen molar-refractivity contribution in [2.45, 2.75) is 12.8 Å². The van der Waals surface area contributed by atoms with Crippen LogP contribution in [0.4, 0.5) is 0 Å². The minimum Gasteiger partial charge on any atom is -0.294 e. The predicted octanol–water partition coefficient (Wildman–Crippen LogP) is 3.66. The summed E-state index contributed by atoms with van der Waals surface area (Å²) in [5.74, 6) is 0.140. The molecule has 0 atom stereocenters. The van der Waals surface area contributed by atoms with E-state index in [4.69, 9.17) is 0 Å². The highest BCUT2D eigenvalue weighted by atomic mass is 79.9. The molecule has 2 rings (SSSR count). The number of Topliss-reactive ketones (excluding diaryl/α,β-unsaturated/α-hetero) is 1. The smallest absolute Gasteiger partial charge is 0.164 e. The van der Waals surface area contributed by atoms with E-state index in [0.29, 0.717) is 12.0 Å². The molecule has 3 heteroatoms. The normalized spacial score (nSPS) is 10.2. The Balaban J connectivity index is 1.95. The number of aryl methyl sites for hydroxylation is 1. The van der Waals surface area contributed by atoms with E-state index < -0.39 is 0 Å². The average Bonchev–Trinajstić information content (AvgIpc) is 2.39. The van der Waals surface area contributed by atoms with Gasteiger partial charge in [-0.1, -0.05) is 28.1 Å². The van der Waals surface area contributed by atoms with E-state index in [2.05, 4.69) is 20.9 Å². The number of ketones is 1. The molecule has 0 radical (unpaired) electrons. The molecule has 0 unspecified atom stereocenters. The maximum atomic E-state index is 11.8. The summed E-state index contributed by atoms with van der Waals surface area (Å²) in [4.78, 5) is 15.8. The summed E-state index contributed by atoms with van der Waals surface area (Å²) >= 11 is 3.39. The van der Waals surface area contributed by atoms with Crippen LogP contribution in [0.1, 0.15) is 22.3 Å². The zero-order chi connectivity index (χ0) is 12.1. The molecule has 17 heavy (non-hydrogen) atoms. The lowest BCUT2D eigenvalue weighted by atomic mass is 10.0. The van der Waals surface area contributed by atoms with Gasteiger partial charge in [0.25, 0.3) is 0 Å². The second-order valence-electron chi connectivity index (χ2n) is 3.79. The number of carbonyl (C=O) groups is 1. The van der Waals surface area contributed by atoms with E-state index in [1.165, 1.54) is 5.56 Å². The highest BCUT2D eigenvalue weighted by molar-refractivity contribution is 9.10. The predicted molar refractivity (Wildman–Crippen MR) is 71.0 cm³/mol. The largest absolute Gasteiger partial charge is 0.294 e. The third kappa shape index (κ3) is 3.49. The number of pyridine rings is 1. The lowest BCUT2D eigenvalue weighted by Crippen LogP contribution is -2.01. The quantitative estimate of drug-likeness (QED) is 0.804. The van der Waals surface area contributed by atoms with E-state index in [9.17, 15) is 4.79 Å². The van der Waals surface area contributed by atoms with E-state index in [1.54, 1.807) is 24.5 Å². The fourth-order valence-electron chi connectivity index (χ4n) is 1.58. The average molecular weight is 290 g/mol. The molecule has 2 nitrogen and oxygen atoms in total. The number of rotatable bonds is 4. The maximum Gasteiger partial charge on any atom is 0.164 e. The number of hydrogen-bond acceptors (Lipinski definition) is 2. The molecule has 0 amide bonds. The van der Waals surface area contributed by atoms with Crippen molar-refractivity contribution in [3.63, 3.8) is 0 Å². The number of benzene rings is 1. The Morgan fingerprint density at radius 2 is 1.94 bits per heavy atom. The fourth-order valence-corrected chi connectivity index (χ4v) is 1.85. The summed E-state index contributed by atoms with van der Waals surface area (Å²) in [6, 6.07) is 11.6. The molecule has 0 saturated heterocycles. The van der Waals surface area contributed by atoms with Crippen LogP contribution in [0.3, 0.4) is 0 Å². The monoisotopic (exact) mass is 289 g/mol. The van der Waals surface area contributed by atoms with Crippen molar-refractivity contribution in [1.82, 2.24) is 4.98 Å². The molecule has 0 bridgehead atoms. The summed E-state index contributed by atoms with van der Waals surface area (Å²) < 4.78 is 1.06.